The molecule has 2 aliphatic heterocycles. The number of anilines is 1. The minimum atomic E-state index is -0.245. The minimum absolute atomic E-state index is 0.149. The Morgan fingerprint density at radius 3 is 2.96 bits per heavy atom. The first-order chi connectivity index (χ1) is 11.2. The summed E-state index contributed by atoms with van der Waals surface area (Å²) in [5.74, 6) is 1.46. The van der Waals surface area contributed by atoms with E-state index in [-0.39, 0.29) is 23.4 Å². The van der Waals surface area contributed by atoms with Crippen LogP contribution in [0.15, 0.2) is 23.1 Å². The molecule has 9 heteroatoms. The summed E-state index contributed by atoms with van der Waals surface area (Å²) < 4.78 is 5.18. The van der Waals surface area contributed by atoms with Gasteiger partial charge in [-0.2, -0.15) is 11.8 Å². The van der Waals surface area contributed by atoms with Gasteiger partial charge in [-0.15, -0.1) is 0 Å². The lowest BCUT2D eigenvalue weighted by Gasteiger charge is -2.37. The van der Waals surface area contributed by atoms with Gasteiger partial charge in [-0.05, 0) is 0 Å². The molecule has 2 aliphatic rings. The van der Waals surface area contributed by atoms with Crippen LogP contribution in [0.3, 0.4) is 0 Å². The number of fused-ring (bicyclic) bond motifs is 1. The molecule has 1 saturated heterocycles. The quantitative estimate of drug-likeness (QED) is 0.892. The topological polar surface area (TPSA) is 101 Å². The van der Waals surface area contributed by atoms with E-state index in [1.54, 1.807) is 16.7 Å². The highest BCUT2D eigenvalue weighted by Gasteiger charge is 2.37. The summed E-state index contributed by atoms with van der Waals surface area (Å²) >= 11 is 1.74. The number of hydrogen-bond donors (Lipinski definition) is 1. The standard InChI is InChI=1S/C14H13N5O3S/c20-12(17-13-9-6-23-7-11(9)18-22-13)8-4-19(5-8)14(21)10-3-15-1-2-16-10/h1-3,8H,4-7H2,(H,17,20). The fourth-order valence-corrected chi connectivity index (χ4v) is 3.57. The zero-order valence-corrected chi connectivity index (χ0v) is 12.9. The van der Waals surface area contributed by atoms with Crippen LogP contribution in [-0.2, 0) is 16.3 Å². The molecular weight excluding hydrogens is 318 g/mol. The van der Waals surface area contributed by atoms with Crippen molar-refractivity contribution in [2.24, 2.45) is 5.92 Å². The molecule has 0 atom stereocenters. The Morgan fingerprint density at radius 1 is 1.30 bits per heavy atom. The molecule has 0 bridgehead atoms. The molecule has 4 rings (SSSR count). The molecular formula is C14H13N5O3S. The molecule has 0 aliphatic carbocycles. The van der Waals surface area contributed by atoms with Crippen molar-refractivity contribution in [2.45, 2.75) is 11.5 Å². The van der Waals surface area contributed by atoms with Crippen LogP contribution in [0.2, 0.25) is 0 Å². The zero-order valence-electron chi connectivity index (χ0n) is 12.1. The summed E-state index contributed by atoms with van der Waals surface area (Å²) in [6, 6.07) is 0. The SMILES string of the molecule is O=C(Nc1onc2c1CSC2)C1CN(C(=O)c2cnccn2)C1. The number of hydrogen-bond acceptors (Lipinski definition) is 7. The van der Waals surface area contributed by atoms with Crippen LogP contribution < -0.4 is 5.32 Å². The molecule has 118 valence electrons. The first kappa shape index (κ1) is 14.2. The number of rotatable bonds is 3. The predicted molar refractivity (Wildman–Crippen MR) is 81.6 cm³/mol. The normalized spacial score (nSPS) is 16.8. The second-order valence-electron chi connectivity index (χ2n) is 5.42. The van der Waals surface area contributed by atoms with Gasteiger partial charge in [-0.1, -0.05) is 5.16 Å². The van der Waals surface area contributed by atoms with Gasteiger partial charge in [0.2, 0.25) is 11.8 Å². The van der Waals surface area contributed by atoms with E-state index in [4.69, 9.17) is 4.52 Å². The molecule has 2 aromatic heterocycles. The van der Waals surface area contributed by atoms with Gasteiger partial charge in [0.25, 0.3) is 5.91 Å². The van der Waals surface area contributed by atoms with Crippen LogP contribution in [0.25, 0.3) is 0 Å². The molecule has 0 aromatic carbocycles. The fraction of sp³-hybridized carbons (Fsp3) is 0.357. The summed E-state index contributed by atoms with van der Waals surface area (Å²) in [5, 5.41) is 6.72. The van der Waals surface area contributed by atoms with E-state index in [1.807, 2.05) is 0 Å². The van der Waals surface area contributed by atoms with E-state index in [0.717, 1.165) is 22.8 Å². The maximum atomic E-state index is 12.2. The van der Waals surface area contributed by atoms with Crippen LogP contribution in [0, 0.1) is 5.92 Å². The lowest BCUT2D eigenvalue weighted by atomic mass is 9.98. The maximum Gasteiger partial charge on any atom is 0.274 e. The maximum absolute atomic E-state index is 12.2. The van der Waals surface area contributed by atoms with Gasteiger partial charge in [-0.25, -0.2) is 4.98 Å². The Bertz CT molecular complexity index is 757. The summed E-state index contributed by atoms with van der Waals surface area (Å²) in [4.78, 5) is 33.8. The molecule has 2 amide bonds. The fourth-order valence-electron chi connectivity index (χ4n) is 2.55. The van der Waals surface area contributed by atoms with Gasteiger partial charge in [0, 0.05) is 37.0 Å². The first-order valence-electron chi connectivity index (χ1n) is 7.13. The lowest BCUT2D eigenvalue weighted by Crippen LogP contribution is -2.54. The molecule has 1 N–H and O–H groups in total. The number of aromatic nitrogens is 3. The van der Waals surface area contributed by atoms with Crippen molar-refractivity contribution >= 4 is 29.5 Å². The van der Waals surface area contributed by atoms with Crippen LogP contribution in [0.1, 0.15) is 21.7 Å². The third-order valence-corrected chi connectivity index (χ3v) is 4.88. The highest BCUT2D eigenvalue weighted by Crippen LogP contribution is 2.34. The van der Waals surface area contributed by atoms with Crippen LogP contribution in [-0.4, -0.2) is 44.9 Å². The number of carbonyl (C=O) groups excluding carboxylic acids is 2. The molecule has 23 heavy (non-hydrogen) atoms. The number of likely N-dealkylation sites (tertiary alicyclic amines) is 1. The monoisotopic (exact) mass is 331 g/mol. The second kappa shape index (κ2) is 5.65. The molecule has 0 radical (unpaired) electrons. The third-order valence-electron chi connectivity index (χ3n) is 3.91. The average molecular weight is 331 g/mol. The van der Waals surface area contributed by atoms with Gasteiger partial charge in [0.05, 0.1) is 23.4 Å². The van der Waals surface area contributed by atoms with Crippen molar-refractivity contribution in [3.8, 4) is 0 Å². The highest BCUT2D eigenvalue weighted by atomic mass is 32.2. The van der Waals surface area contributed by atoms with Crippen molar-refractivity contribution in [1.29, 1.82) is 0 Å². The number of nitrogens with zero attached hydrogens (tertiary/aromatic N) is 4. The minimum Gasteiger partial charge on any atom is -0.338 e. The van der Waals surface area contributed by atoms with Gasteiger partial charge in [0.1, 0.15) is 5.69 Å². The lowest BCUT2D eigenvalue weighted by molar-refractivity contribution is -0.123. The summed E-state index contributed by atoms with van der Waals surface area (Å²) in [5.41, 5.74) is 2.16. The highest BCUT2D eigenvalue weighted by molar-refractivity contribution is 7.98. The molecule has 0 saturated carbocycles. The van der Waals surface area contributed by atoms with Crippen molar-refractivity contribution in [1.82, 2.24) is 20.0 Å². The Balaban J connectivity index is 1.34. The molecule has 1 fully saturated rings. The Morgan fingerprint density at radius 2 is 2.17 bits per heavy atom. The van der Waals surface area contributed by atoms with Crippen molar-refractivity contribution in [2.75, 3.05) is 18.4 Å². The van der Waals surface area contributed by atoms with E-state index in [0.29, 0.717) is 19.0 Å². The van der Waals surface area contributed by atoms with Crippen molar-refractivity contribution in [3.63, 3.8) is 0 Å². The van der Waals surface area contributed by atoms with E-state index < -0.39 is 0 Å². The Labute approximate surface area is 135 Å². The van der Waals surface area contributed by atoms with Crippen LogP contribution in [0.5, 0.6) is 0 Å². The van der Waals surface area contributed by atoms with Gasteiger partial charge < -0.3 is 9.42 Å². The average Bonchev–Trinajstić information content (AvgIpc) is 3.12. The Kier molecular flexibility index (Phi) is 3.49. The molecule has 0 unspecified atom stereocenters. The molecule has 2 aromatic rings. The third kappa shape index (κ3) is 2.56. The van der Waals surface area contributed by atoms with Gasteiger partial charge in [-0.3, -0.25) is 19.9 Å². The smallest absolute Gasteiger partial charge is 0.274 e. The predicted octanol–water partition coefficient (Wildman–Crippen LogP) is 0.922. The number of thioether (sulfide) groups is 1. The van der Waals surface area contributed by atoms with E-state index >= 15 is 0 Å². The number of carbonyl (C=O) groups is 2. The van der Waals surface area contributed by atoms with Crippen LogP contribution >= 0.6 is 11.8 Å². The first-order valence-corrected chi connectivity index (χ1v) is 8.29. The number of amides is 2. The Hall–Kier alpha value is -2.42. The van der Waals surface area contributed by atoms with Crippen molar-refractivity contribution in [3.05, 3.63) is 35.5 Å². The van der Waals surface area contributed by atoms with E-state index in [9.17, 15) is 9.59 Å². The molecule has 4 heterocycles. The summed E-state index contributed by atoms with van der Waals surface area (Å²) in [6.45, 7) is 0.735. The van der Waals surface area contributed by atoms with Gasteiger partial charge in [0.15, 0.2) is 0 Å². The number of nitrogens with one attached hydrogen (secondary N) is 1. The zero-order chi connectivity index (χ0) is 15.8. The molecule has 0 spiro atoms. The van der Waals surface area contributed by atoms with E-state index in [1.165, 1.54) is 18.6 Å². The summed E-state index contributed by atoms with van der Waals surface area (Å²) in [7, 11) is 0. The van der Waals surface area contributed by atoms with E-state index in [2.05, 4.69) is 20.4 Å². The van der Waals surface area contributed by atoms with Crippen molar-refractivity contribution < 1.29 is 14.1 Å². The molecule has 8 nitrogen and oxygen atoms in total. The second-order valence-corrected chi connectivity index (χ2v) is 6.40. The van der Waals surface area contributed by atoms with Crippen LogP contribution in [0.4, 0.5) is 5.88 Å². The van der Waals surface area contributed by atoms with Gasteiger partial charge >= 0.3 is 0 Å². The largest absolute Gasteiger partial charge is 0.338 e. The summed E-state index contributed by atoms with van der Waals surface area (Å²) in [6.07, 6.45) is 4.40.